The molecule has 1 atom stereocenters. The highest BCUT2D eigenvalue weighted by Crippen LogP contribution is 2.34. The van der Waals surface area contributed by atoms with Crippen molar-refractivity contribution in [2.45, 2.75) is 20.0 Å². The van der Waals surface area contributed by atoms with Crippen molar-refractivity contribution in [3.05, 3.63) is 23.8 Å². The number of nitrogens with zero attached hydrogens (tertiary/aromatic N) is 1. The molecule has 0 saturated heterocycles. The molecule has 0 bridgehead atoms. The topological polar surface area (TPSA) is 38.8 Å². The van der Waals surface area contributed by atoms with Crippen LogP contribution in [0.15, 0.2) is 18.2 Å². The number of carbonyl (C=O) groups excluding carboxylic acids is 1. The summed E-state index contributed by atoms with van der Waals surface area (Å²) in [5, 5.41) is 0. The lowest BCUT2D eigenvalue weighted by molar-refractivity contribution is -0.125. The Kier molecular flexibility index (Phi) is 3.33. The second-order valence-electron chi connectivity index (χ2n) is 4.21. The fraction of sp³-hybridized carbons (Fsp3) is 0.462. The largest absolute Gasteiger partial charge is 0.479 e. The van der Waals surface area contributed by atoms with Crippen LogP contribution in [-0.4, -0.2) is 32.3 Å². The third-order valence-corrected chi connectivity index (χ3v) is 2.84. The molecule has 0 aromatic heterocycles. The fourth-order valence-corrected chi connectivity index (χ4v) is 1.93. The smallest absolute Gasteiger partial charge is 0.267 e. The fourth-order valence-electron chi connectivity index (χ4n) is 1.93. The van der Waals surface area contributed by atoms with Crippen LogP contribution in [0.25, 0.3) is 0 Å². The maximum Gasteiger partial charge on any atom is 0.267 e. The van der Waals surface area contributed by atoms with Crippen LogP contribution in [-0.2, 0) is 9.53 Å². The molecule has 1 amide bonds. The minimum Gasteiger partial charge on any atom is -0.479 e. The minimum atomic E-state index is -0.429. The summed E-state index contributed by atoms with van der Waals surface area (Å²) in [6.07, 6.45) is -0.429. The molecular weight excluding hydrogens is 218 g/mol. The van der Waals surface area contributed by atoms with Gasteiger partial charge in [-0.3, -0.25) is 4.79 Å². The Morgan fingerprint density at radius 1 is 1.47 bits per heavy atom. The second-order valence-corrected chi connectivity index (χ2v) is 4.21. The van der Waals surface area contributed by atoms with E-state index >= 15 is 0 Å². The van der Waals surface area contributed by atoms with Crippen molar-refractivity contribution in [3.8, 4) is 5.75 Å². The summed E-state index contributed by atoms with van der Waals surface area (Å²) in [7, 11) is 1.63. The molecule has 1 aliphatic heterocycles. The molecule has 0 fully saturated rings. The van der Waals surface area contributed by atoms with Crippen molar-refractivity contribution < 1.29 is 14.3 Å². The summed E-state index contributed by atoms with van der Waals surface area (Å²) in [4.78, 5) is 13.8. The van der Waals surface area contributed by atoms with Gasteiger partial charge in [-0.2, -0.15) is 0 Å². The van der Waals surface area contributed by atoms with Crippen LogP contribution < -0.4 is 9.64 Å². The lowest BCUT2D eigenvalue weighted by atomic mass is 10.1. The maximum absolute atomic E-state index is 12.1. The number of hydrogen-bond acceptors (Lipinski definition) is 3. The average Bonchev–Trinajstić information content (AvgIpc) is 2.31. The molecule has 0 saturated carbocycles. The molecular formula is C13H17NO3. The number of aryl methyl sites for hydroxylation is 1. The van der Waals surface area contributed by atoms with Gasteiger partial charge < -0.3 is 14.4 Å². The molecule has 0 spiro atoms. The summed E-state index contributed by atoms with van der Waals surface area (Å²) in [5.74, 6) is 0.749. The first-order valence-electron chi connectivity index (χ1n) is 5.71. The van der Waals surface area contributed by atoms with Gasteiger partial charge in [0.25, 0.3) is 5.91 Å². The van der Waals surface area contributed by atoms with Crippen molar-refractivity contribution in [2.75, 3.05) is 25.2 Å². The van der Waals surface area contributed by atoms with Crippen LogP contribution in [0.3, 0.4) is 0 Å². The highest BCUT2D eigenvalue weighted by Gasteiger charge is 2.30. The van der Waals surface area contributed by atoms with Crippen molar-refractivity contribution in [2.24, 2.45) is 0 Å². The SMILES string of the molecule is COCCN1C(=O)C(C)Oc2ccc(C)cc21. The van der Waals surface area contributed by atoms with Gasteiger partial charge in [0.05, 0.1) is 12.3 Å². The van der Waals surface area contributed by atoms with Crippen LogP contribution >= 0.6 is 0 Å². The lowest BCUT2D eigenvalue weighted by Gasteiger charge is -2.33. The normalized spacial score (nSPS) is 18.9. The van der Waals surface area contributed by atoms with Gasteiger partial charge in [-0.05, 0) is 31.5 Å². The zero-order valence-corrected chi connectivity index (χ0v) is 10.4. The molecule has 92 valence electrons. The zero-order valence-electron chi connectivity index (χ0n) is 10.4. The molecule has 2 rings (SSSR count). The van der Waals surface area contributed by atoms with Crippen molar-refractivity contribution in [1.82, 2.24) is 0 Å². The molecule has 0 aliphatic carbocycles. The maximum atomic E-state index is 12.1. The monoisotopic (exact) mass is 235 g/mol. The van der Waals surface area contributed by atoms with Crippen LogP contribution in [0, 0.1) is 6.92 Å². The van der Waals surface area contributed by atoms with Crippen molar-refractivity contribution in [1.29, 1.82) is 0 Å². The number of amides is 1. The molecule has 1 heterocycles. The number of fused-ring (bicyclic) bond motifs is 1. The van der Waals surface area contributed by atoms with E-state index in [0.29, 0.717) is 13.2 Å². The molecule has 1 aliphatic rings. The third kappa shape index (κ3) is 2.26. The highest BCUT2D eigenvalue weighted by molar-refractivity contribution is 5.99. The van der Waals surface area contributed by atoms with Gasteiger partial charge in [0, 0.05) is 13.7 Å². The Bertz CT molecular complexity index is 431. The Morgan fingerprint density at radius 3 is 2.94 bits per heavy atom. The van der Waals surface area contributed by atoms with Gasteiger partial charge >= 0.3 is 0 Å². The van der Waals surface area contributed by atoms with E-state index in [4.69, 9.17) is 9.47 Å². The first-order chi connectivity index (χ1) is 8.13. The average molecular weight is 235 g/mol. The number of rotatable bonds is 3. The molecule has 1 aromatic rings. The molecule has 1 unspecified atom stereocenters. The van der Waals surface area contributed by atoms with Crippen molar-refractivity contribution >= 4 is 11.6 Å². The van der Waals surface area contributed by atoms with Gasteiger partial charge in [-0.1, -0.05) is 6.07 Å². The predicted octanol–water partition coefficient (Wildman–Crippen LogP) is 1.76. The van der Waals surface area contributed by atoms with Crippen LogP contribution in [0.4, 0.5) is 5.69 Å². The highest BCUT2D eigenvalue weighted by atomic mass is 16.5. The van der Waals surface area contributed by atoms with E-state index in [0.717, 1.165) is 17.0 Å². The third-order valence-electron chi connectivity index (χ3n) is 2.84. The van der Waals surface area contributed by atoms with E-state index in [1.165, 1.54) is 0 Å². The second kappa shape index (κ2) is 4.75. The summed E-state index contributed by atoms with van der Waals surface area (Å²) in [5.41, 5.74) is 1.95. The Labute approximate surface area is 101 Å². The van der Waals surface area contributed by atoms with E-state index in [9.17, 15) is 4.79 Å². The number of carbonyl (C=O) groups is 1. The molecule has 0 radical (unpaired) electrons. The van der Waals surface area contributed by atoms with E-state index in [1.54, 1.807) is 18.9 Å². The van der Waals surface area contributed by atoms with Crippen LogP contribution in [0.2, 0.25) is 0 Å². The standard InChI is InChI=1S/C13H17NO3/c1-9-4-5-12-11(8-9)14(6-7-16-3)13(15)10(2)17-12/h4-5,8,10H,6-7H2,1-3H3. The van der Waals surface area contributed by atoms with E-state index in [1.807, 2.05) is 25.1 Å². The Balaban J connectivity index is 2.36. The minimum absolute atomic E-state index is 0.0137. The van der Waals surface area contributed by atoms with Gasteiger partial charge in [0.1, 0.15) is 5.75 Å². The molecule has 0 N–H and O–H groups in total. The molecule has 4 nitrogen and oxygen atoms in total. The predicted molar refractivity (Wildman–Crippen MR) is 65.5 cm³/mol. The van der Waals surface area contributed by atoms with Crippen LogP contribution in [0.1, 0.15) is 12.5 Å². The summed E-state index contributed by atoms with van der Waals surface area (Å²) < 4.78 is 10.6. The van der Waals surface area contributed by atoms with Gasteiger partial charge in [-0.25, -0.2) is 0 Å². The summed E-state index contributed by atoms with van der Waals surface area (Å²) in [6, 6.07) is 5.86. The first-order valence-corrected chi connectivity index (χ1v) is 5.71. The van der Waals surface area contributed by atoms with E-state index in [2.05, 4.69) is 0 Å². The number of methoxy groups -OCH3 is 1. The summed E-state index contributed by atoms with van der Waals surface area (Å²) >= 11 is 0. The Morgan fingerprint density at radius 2 is 2.24 bits per heavy atom. The quantitative estimate of drug-likeness (QED) is 0.801. The summed E-state index contributed by atoms with van der Waals surface area (Å²) in [6.45, 7) is 4.84. The zero-order chi connectivity index (χ0) is 12.4. The number of benzene rings is 1. The number of ether oxygens (including phenoxy) is 2. The van der Waals surface area contributed by atoms with Crippen molar-refractivity contribution in [3.63, 3.8) is 0 Å². The first kappa shape index (κ1) is 11.9. The number of hydrogen-bond donors (Lipinski definition) is 0. The molecule has 4 heteroatoms. The number of anilines is 1. The lowest BCUT2D eigenvalue weighted by Crippen LogP contribution is -2.45. The van der Waals surface area contributed by atoms with Gasteiger partial charge in [0.2, 0.25) is 0 Å². The van der Waals surface area contributed by atoms with Gasteiger partial charge in [0.15, 0.2) is 6.10 Å². The van der Waals surface area contributed by atoms with E-state index in [-0.39, 0.29) is 5.91 Å². The Hall–Kier alpha value is -1.55. The van der Waals surface area contributed by atoms with Crippen LogP contribution in [0.5, 0.6) is 5.75 Å². The van der Waals surface area contributed by atoms with Gasteiger partial charge in [-0.15, -0.1) is 0 Å². The molecule has 17 heavy (non-hydrogen) atoms. The molecule has 1 aromatic carbocycles. The van der Waals surface area contributed by atoms with E-state index < -0.39 is 6.10 Å².